The Kier molecular flexibility index (Phi) is 6.10. The molecule has 0 bridgehead atoms. The first-order valence-corrected chi connectivity index (χ1v) is 11.6. The maximum atomic E-state index is 14.0. The van der Waals surface area contributed by atoms with Gasteiger partial charge in [-0.05, 0) is 53.1 Å². The number of ether oxygens (including phenoxy) is 1. The Morgan fingerprint density at radius 1 is 0.917 bits per heavy atom. The Bertz CT molecular complexity index is 1280. The van der Waals surface area contributed by atoms with Crippen LogP contribution in [0.2, 0.25) is 5.02 Å². The van der Waals surface area contributed by atoms with Gasteiger partial charge >= 0.3 is 5.97 Å². The van der Waals surface area contributed by atoms with Crippen molar-refractivity contribution in [1.29, 1.82) is 0 Å². The Hall–Kier alpha value is -3.62. The van der Waals surface area contributed by atoms with Crippen LogP contribution < -0.4 is 5.32 Å². The van der Waals surface area contributed by atoms with E-state index in [1.807, 2.05) is 0 Å². The van der Waals surface area contributed by atoms with Crippen LogP contribution in [-0.4, -0.2) is 35.8 Å². The summed E-state index contributed by atoms with van der Waals surface area (Å²) < 4.78 is 32.7. The van der Waals surface area contributed by atoms with Crippen LogP contribution in [0.15, 0.2) is 72.8 Å². The molecule has 3 aromatic rings. The second-order valence-corrected chi connectivity index (χ2v) is 9.30. The van der Waals surface area contributed by atoms with E-state index in [2.05, 4.69) is 5.32 Å². The molecule has 0 unspecified atom stereocenters. The Morgan fingerprint density at radius 3 is 1.94 bits per heavy atom. The molecule has 2 heterocycles. The topological polar surface area (TPSA) is 75.7 Å². The molecular formula is C27H21ClF2N2O4. The molecule has 3 atom stereocenters. The number of halogens is 3. The number of imide groups is 1. The minimum Gasteiger partial charge on any atom is -0.468 e. The third kappa shape index (κ3) is 3.77. The van der Waals surface area contributed by atoms with E-state index in [4.69, 9.17) is 16.3 Å². The van der Waals surface area contributed by atoms with Gasteiger partial charge in [-0.2, -0.15) is 0 Å². The molecule has 9 heteroatoms. The summed E-state index contributed by atoms with van der Waals surface area (Å²) in [5, 5.41) is 3.69. The number of hydrogen-bond acceptors (Lipinski definition) is 5. The van der Waals surface area contributed by atoms with E-state index in [0.717, 1.165) is 4.90 Å². The molecule has 0 aliphatic carbocycles. The lowest BCUT2D eigenvalue weighted by molar-refractivity contribution is -0.148. The van der Waals surface area contributed by atoms with E-state index >= 15 is 0 Å². The van der Waals surface area contributed by atoms with Gasteiger partial charge in [-0.1, -0.05) is 48.0 Å². The Morgan fingerprint density at radius 2 is 1.44 bits per heavy atom. The monoisotopic (exact) mass is 510 g/mol. The van der Waals surface area contributed by atoms with Gasteiger partial charge in [0, 0.05) is 5.02 Å². The van der Waals surface area contributed by atoms with Crippen molar-refractivity contribution in [2.45, 2.75) is 18.1 Å². The number of methoxy groups -OCH3 is 1. The number of likely N-dealkylation sites (tertiary alicyclic amines) is 1. The number of benzene rings is 3. The van der Waals surface area contributed by atoms with Gasteiger partial charge in [0.15, 0.2) is 0 Å². The Balaban J connectivity index is 1.68. The van der Waals surface area contributed by atoms with Crippen molar-refractivity contribution in [1.82, 2.24) is 10.2 Å². The lowest BCUT2D eigenvalue weighted by atomic mass is 9.71. The summed E-state index contributed by atoms with van der Waals surface area (Å²) in [4.78, 5) is 41.6. The second-order valence-electron chi connectivity index (χ2n) is 8.86. The predicted molar refractivity (Wildman–Crippen MR) is 127 cm³/mol. The number of amides is 2. The van der Waals surface area contributed by atoms with Crippen molar-refractivity contribution in [3.63, 3.8) is 0 Å². The number of carbonyl (C=O) groups is 3. The van der Waals surface area contributed by atoms with Gasteiger partial charge in [-0.15, -0.1) is 0 Å². The van der Waals surface area contributed by atoms with E-state index in [1.165, 1.54) is 55.6 Å². The summed E-state index contributed by atoms with van der Waals surface area (Å²) in [6.07, 6.45) is 0. The third-order valence-electron chi connectivity index (χ3n) is 6.96. The third-order valence-corrected chi connectivity index (χ3v) is 7.21. The van der Waals surface area contributed by atoms with Gasteiger partial charge < -0.3 is 4.74 Å². The predicted octanol–water partition coefficient (Wildman–Crippen LogP) is 3.81. The first-order valence-electron chi connectivity index (χ1n) is 11.2. The molecule has 1 N–H and O–H groups in total. The zero-order valence-electron chi connectivity index (χ0n) is 19.1. The van der Waals surface area contributed by atoms with Crippen LogP contribution in [0.5, 0.6) is 0 Å². The largest absolute Gasteiger partial charge is 0.468 e. The highest BCUT2D eigenvalue weighted by atomic mass is 35.5. The molecule has 2 saturated heterocycles. The second kappa shape index (κ2) is 9.11. The SMILES string of the molecule is COC(=O)[C@H]1NC(c2ccc(F)cc2)(c2ccc(F)cc2)[C@@H]2C(=O)N(Cc3ccc(Cl)cc3)C(=O)[C@H]12. The standard InChI is InChI=1S/C27H21ClF2N2O4/c1-36-26(35)23-21-22(25(34)32(24(21)33)14-15-2-8-18(28)9-3-15)27(31-23,16-4-10-19(29)11-5-16)17-6-12-20(30)13-7-17/h2-13,21-23,31H,14H2,1H3/t21-,22-,23-/m0/s1. The van der Waals surface area contributed by atoms with Gasteiger partial charge in [-0.25, -0.2) is 8.78 Å². The smallest absolute Gasteiger partial charge is 0.323 e. The highest BCUT2D eigenvalue weighted by molar-refractivity contribution is 6.30. The van der Waals surface area contributed by atoms with Crippen molar-refractivity contribution in [3.8, 4) is 0 Å². The molecule has 3 aromatic carbocycles. The molecule has 0 radical (unpaired) electrons. The number of fused-ring (bicyclic) bond motifs is 1. The van der Waals surface area contributed by atoms with E-state index in [1.54, 1.807) is 24.3 Å². The van der Waals surface area contributed by atoms with Crippen molar-refractivity contribution < 1.29 is 27.9 Å². The van der Waals surface area contributed by atoms with Crippen molar-refractivity contribution >= 4 is 29.4 Å². The molecule has 0 aromatic heterocycles. The summed E-state index contributed by atoms with van der Waals surface area (Å²) in [5.41, 5.74) is 0.155. The van der Waals surface area contributed by atoms with Crippen LogP contribution in [0.3, 0.4) is 0 Å². The quantitative estimate of drug-likeness (QED) is 0.417. The van der Waals surface area contributed by atoms with E-state index in [-0.39, 0.29) is 6.54 Å². The first kappa shape index (κ1) is 24.1. The number of rotatable bonds is 5. The van der Waals surface area contributed by atoms with E-state index in [9.17, 15) is 23.2 Å². The molecule has 5 rings (SSSR count). The fraction of sp³-hybridized carbons (Fsp3) is 0.222. The highest BCUT2D eigenvalue weighted by Crippen LogP contribution is 2.52. The number of esters is 1. The lowest BCUT2D eigenvalue weighted by Gasteiger charge is -2.36. The normalized spacial score (nSPS) is 22.6. The molecule has 0 spiro atoms. The summed E-state index contributed by atoms with van der Waals surface area (Å²) in [6.45, 7) is -0.0152. The molecule has 2 fully saturated rings. The van der Waals surface area contributed by atoms with E-state index in [0.29, 0.717) is 21.7 Å². The van der Waals surface area contributed by atoms with Crippen molar-refractivity contribution in [2.24, 2.45) is 11.8 Å². The summed E-state index contributed by atoms with van der Waals surface area (Å²) in [7, 11) is 1.20. The number of nitrogens with one attached hydrogen (secondary N) is 1. The molecule has 0 saturated carbocycles. The summed E-state index contributed by atoms with van der Waals surface area (Å²) >= 11 is 5.97. The zero-order chi connectivity index (χ0) is 25.6. The maximum Gasteiger partial charge on any atom is 0.323 e. The number of hydrogen-bond donors (Lipinski definition) is 1. The van der Waals surface area contributed by atoms with Crippen LogP contribution in [0.25, 0.3) is 0 Å². The van der Waals surface area contributed by atoms with Gasteiger partial charge in [0.25, 0.3) is 0 Å². The fourth-order valence-electron chi connectivity index (χ4n) is 5.35. The molecule has 184 valence electrons. The fourth-order valence-corrected chi connectivity index (χ4v) is 5.47. The van der Waals surface area contributed by atoms with Gasteiger partial charge in [0.2, 0.25) is 11.8 Å². The number of carbonyl (C=O) groups excluding carboxylic acids is 3. The van der Waals surface area contributed by atoms with Crippen LogP contribution in [0.1, 0.15) is 16.7 Å². The minimum absolute atomic E-state index is 0.0152. The average Bonchev–Trinajstić information content (AvgIpc) is 3.36. The molecule has 2 amide bonds. The molecule has 2 aliphatic heterocycles. The number of nitrogens with zero attached hydrogens (tertiary/aromatic N) is 1. The molecule has 36 heavy (non-hydrogen) atoms. The van der Waals surface area contributed by atoms with Gasteiger partial charge in [-0.3, -0.25) is 24.6 Å². The van der Waals surface area contributed by atoms with Gasteiger partial charge in [0.05, 0.1) is 31.0 Å². The lowest BCUT2D eigenvalue weighted by Crippen LogP contribution is -2.51. The first-order chi connectivity index (χ1) is 17.3. The minimum atomic E-state index is -1.42. The molecule has 2 aliphatic rings. The summed E-state index contributed by atoms with van der Waals surface area (Å²) in [6, 6.07) is 16.4. The van der Waals surface area contributed by atoms with Crippen molar-refractivity contribution in [2.75, 3.05) is 7.11 Å². The van der Waals surface area contributed by atoms with Crippen LogP contribution in [0, 0.1) is 23.5 Å². The molecule has 6 nitrogen and oxygen atoms in total. The van der Waals surface area contributed by atoms with Crippen LogP contribution in [0.4, 0.5) is 8.78 Å². The zero-order valence-corrected chi connectivity index (χ0v) is 19.8. The van der Waals surface area contributed by atoms with Crippen LogP contribution in [-0.2, 0) is 31.2 Å². The summed E-state index contributed by atoms with van der Waals surface area (Å²) in [5.74, 6) is -4.91. The van der Waals surface area contributed by atoms with Crippen LogP contribution >= 0.6 is 11.6 Å². The van der Waals surface area contributed by atoms with E-state index < -0.39 is 52.8 Å². The highest BCUT2D eigenvalue weighted by Gasteiger charge is 2.68. The average molecular weight is 511 g/mol. The molecular weight excluding hydrogens is 490 g/mol. The van der Waals surface area contributed by atoms with Gasteiger partial charge in [0.1, 0.15) is 17.7 Å². The Labute approximate surface area is 210 Å². The maximum absolute atomic E-state index is 14.0. The van der Waals surface area contributed by atoms with Crippen molar-refractivity contribution in [3.05, 3.63) is 106 Å².